The number of rotatable bonds is 13. The highest BCUT2D eigenvalue weighted by molar-refractivity contribution is 5.78. The molecule has 0 heterocycles. The molecule has 0 aromatic heterocycles. The number of unbranched alkanes of at least 4 members (excludes halogenated alkanes) is 9. The van der Waals surface area contributed by atoms with Gasteiger partial charge in [-0.1, -0.05) is 82.9 Å². The van der Waals surface area contributed by atoms with Crippen molar-refractivity contribution in [2.24, 2.45) is 0 Å². The molecule has 1 aliphatic carbocycles. The second kappa shape index (κ2) is 12.2. The Morgan fingerprint density at radius 3 is 2.36 bits per heavy atom. The first kappa shape index (κ1) is 20.2. The van der Waals surface area contributed by atoms with Crippen LogP contribution in [0.1, 0.15) is 99.0 Å². The maximum absolute atomic E-state index is 11.1. The number of aldehydes is 1. The van der Waals surface area contributed by atoms with Crippen molar-refractivity contribution in [2.45, 2.75) is 96.5 Å². The third-order valence-corrected chi connectivity index (χ3v) is 5.45. The fourth-order valence-corrected chi connectivity index (χ4v) is 3.90. The van der Waals surface area contributed by atoms with Gasteiger partial charge in [0.2, 0.25) is 0 Å². The normalized spacial score (nSPS) is 16.6. The van der Waals surface area contributed by atoms with E-state index in [0.29, 0.717) is 6.10 Å². The predicted octanol–water partition coefficient (Wildman–Crippen LogP) is 6.29. The molecule has 140 valence electrons. The van der Waals surface area contributed by atoms with Crippen molar-refractivity contribution in [3.8, 4) is 0 Å². The van der Waals surface area contributed by atoms with Crippen LogP contribution < -0.4 is 0 Å². The van der Waals surface area contributed by atoms with Gasteiger partial charge in [-0.2, -0.15) is 0 Å². The maximum Gasteiger partial charge on any atom is 0.150 e. The molecule has 2 nitrogen and oxygen atoms in total. The van der Waals surface area contributed by atoms with Crippen LogP contribution in [0.5, 0.6) is 0 Å². The minimum Gasteiger partial charge on any atom is -0.378 e. The second-order valence-corrected chi connectivity index (χ2v) is 7.52. The Labute approximate surface area is 154 Å². The van der Waals surface area contributed by atoms with Crippen molar-refractivity contribution < 1.29 is 9.53 Å². The fourth-order valence-electron chi connectivity index (χ4n) is 3.90. The van der Waals surface area contributed by atoms with Gasteiger partial charge >= 0.3 is 0 Å². The number of carbonyl (C=O) groups is 1. The van der Waals surface area contributed by atoms with E-state index in [1.807, 2.05) is 12.1 Å². The Morgan fingerprint density at radius 2 is 1.68 bits per heavy atom. The summed E-state index contributed by atoms with van der Waals surface area (Å²) in [5.41, 5.74) is 3.42. The molecule has 1 aliphatic rings. The van der Waals surface area contributed by atoms with Crippen LogP contribution in [-0.4, -0.2) is 19.0 Å². The van der Waals surface area contributed by atoms with Gasteiger partial charge in [0, 0.05) is 12.2 Å². The van der Waals surface area contributed by atoms with E-state index in [0.717, 1.165) is 37.7 Å². The van der Waals surface area contributed by atoms with Gasteiger partial charge in [-0.15, -0.1) is 0 Å². The molecule has 2 rings (SSSR count). The van der Waals surface area contributed by atoms with Crippen LogP contribution >= 0.6 is 0 Å². The van der Waals surface area contributed by atoms with E-state index >= 15 is 0 Å². The Bertz CT molecular complexity index is 495. The SMILES string of the molecule is CCCCCCCCCCCCOC1CCc2c(C=O)cccc2C1. The molecule has 0 radical (unpaired) electrons. The Morgan fingerprint density at radius 1 is 1.00 bits per heavy atom. The van der Waals surface area contributed by atoms with Gasteiger partial charge in [0.05, 0.1) is 6.10 Å². The average Bonchev–Trinajstić information content (AvgIpc) is 2.65. The molecular formula is C23H36O2. The summed E-state index contributed by atoms with van der Waals surface area (Å²) in [7, 11) is 0. The van der Waals surface area contributed by atoms with Crippen LogP contribution in [0.4, 0.5) is 0 Å². The summed E-state index contributed by atoms with van der Waals surface area (Å²) in [5, 5.41) is 0. The lowest BCUT2D eigenvalue weighted by Crippen LogP contribution is -2.23. The van der Waals surface area contributed by atoms with E-state index in [1.54, 1.807) is 0 Å². The summed E-state index contributed by atoms with van der Waals surface area (Å²) < 4.78 is 6.10. The highest BCUT2D eigenvalue weighted by Gasteiger charge is 2.20. The molecule has 0 fully saturated rings. The average molecular weight is 345 g/mol. The summed E-state index contributed by atoms with van der Waals surface area (Å²) in [6, 6.07) is 6.07. The second-order valence-electron chi connectivity index (χ2n) is 7.52. The smallest absolute Gasteiger partial charge is 0.150 e. The van der Waals surface area contributed by atoms with E-state index in [1.165, 1.54) is 75.3 Å². The van der Waals surface area contributed by atoms with Crippen molar-refractivity contribution >= 4 is 6.29 Å². The topological polar surface area (TPSA) is 26.3 Å². The van der Waals surface area contributed by atoms with Crippen molar-refractivity contribution in [1.29, 1.82) is 0 Å². The molecule has 0 aliphatic heterocycles. The van der Waals surface area contributed by atoms with Crippen LogP contribution in [0, 0.1) is 0 Å². The van der Waals surface area contributed by atoms with Crippen molar-refractivity contribution in [3.05, 3.63) is 34.9 Å². The molecule has 0 spiro atoms. The molecule has 1 atom stereocenters. The monoisotopic (exact) mass is 344 g/mol. The van der Waals surface area contributed by atoms with Crippen molar-refractivity contribution in [2.75, 3.05) is 6.61 Å². The highest BCUT2D eigenvalue weighted by Crippen LogP contribution is 2.25. The highest BCUT2D eigenvalue weighted by atomic mass is 16.5. The number of benzene rings is 1. The van der Waals surface area contributed by atoms with Crippen LogP contribution in [0.15, 0.2) is 18.2 Å². The van der Waals surface area contributed by atoms with Gasteiger partial charge in [-0.05, 0) is 36.8 Å². The minimum atomic E-state index is 0.341. The van der Waals surface area contributed by atoms with Gasteiger partial charge < -0.3 is 4.74 Å². The van der Waals surface area contributed by atoms with Gasteiger partial charge in [-0.25, -0.2) is 0 Å². The third-order valence-electron chi connectivity index (χ3n) is 5.45. The molecule has 1 unspecified atom stereocenters. The zero-order valence-electron chi connectivity index (χ0n) is 16.1. The lowest BCUT2D eigenvalue weighted by molar-refractivity contribution is 0.0416. The zero-order valence-corrected chi connectivity index (χ0v) is 16.1. The molecule has 0 saturated carbocycles. The molecule has 0 amide bonds. The van der Waals surface area contributed by atoms with E-state index in [4.69, 9.17) is 4.74 Å². The van der Waals surface area contributed by atoms with Crippen molar-refractivity contribution in [1.82, 2.24) is 0 Å². The third kappa shape index (κ3) is 7.32. The summed E-state index contributed by atoms with van der Waals surface area (Å²) in [6.45, 7) is 3.17. The Balaban J connectivity index is 1.50. The van der Waals surface area contributed by atoms with Gasteiger partial charge in [-0.3, -0.25) is 4.79 Å². The molecule has 1 aromatic carbocycles. The lowest BCUT2D eigenvalue weighted by atomic mass is 9.87. The van der Waals surface area contributed by atoms with Crippen LogP contribution in [0.3, 0.4) is 0 Å². The molecule has 1 aromatic rings. The standard InChI is InChI=1S/C23H36O2/c1-2-3-4-5-6-7-8-9-10-11-17-25-22-15-16-23-20(18-22)13-12-14-21(23)19-24/h12-14,19,22H,2-11,15-18H2,1H3. The molecular weight excluding hydrogens is 308 g/mol. The Hall–Kier alpha value is -1.15. The number of ether oxygens (including phenoxy) is 1. The Kier molecular flexibility index (Phi) is 9.88. The van der Waals surface area contributed by atoms with Gasteiger partial charge in [0.1, 0.15) is 6.29 Å². The zero-order chi connectivity index (χ0) is 17.7. The van der Waals surface area contributed by atoms with Crippen LogP contribution in [-0.2, 0) is 17.6 Å². The first-order valence-electron chi connectivity index (χ1n) is 10.5. The summed E-state index contributed by atoms with van der Waals surface area (Å²) in [5.74, 6) is 0. The summed E-state index contributed by atoms with van der Waals surface area (Å²) >= 11 is 0. The van der Waals surface area contributed by atoms with Gasteiger partial charge in [0.25, 0.3) is 0 Å². The predicted molar refractivity (Wildman–Crippen MR) is 105 cm³/mol. The molecule has 0 N–H and O–H groups in total. The fraction of sp³-hybridized carbons (Fsp3) is 0.696. The van der Waals surface area contributed by atoms with Gasteiger partial charge in [0.15, 0.2) is 0 Å². The largest absolute Gasteiger partial charge is 0.378 e. The van der Waals surface area contributed by atoms with E-state index in [-0.39, 0.29) is 0 Å². The molecule has 25 heavy (non-hydrogen) atoms. The number of carbonyl (C=O) groups excluding carboxylic acids is 1. The van der Waals surface area contributed by atoms with Crippen LogP contribution in [0.2, 0.25) is 0 Å². The van der Waals surface area contributed by atoms with Crippen LogP contribution in [0.25, 0.3) is 0 Å². The summed E-state index contributed by atoms with van der Waals surface area (Å²) in [6.07, 6.45) is 18.0. The van der Waals surface area contributed by atoms with E-state index in [9.17, 15) is 4.79 Å². The molecule has 0 bridgehead atoms. The lowest BCUT2D eigenvalue weighted by Gasteiger charge is -2.25. The molecule has 0 saturated heterocycles. The number of fused-ring (bicyclic) bond motifs is 1. The minimum absolute atomic E-state index is 0.341. The first-order valence-corrected chi connectivity index (χ1v) is 10.5. The summed E-state index contributed by atoms with van der Waals surface area (Å²) in [4.78, 5) is 11.1. The number of hydrogen-bond acceptors (Lipinski definition) is 2. The van der Waals surface area contributed by atoms with E-state index < -0.39 is 0 Å². The van der Waals surface area contributed by atoms with E-state index in [2.05, 4.69) is 13.0 Å². The van der Waals surface area contributed by atoms with Crippen molar-refractivity contribution in [3.63, 3.8) is 0 Å². The quantitative estimate of drug-likeness (QED) is 0.310. The first-order chi connectivity index (χ1) is 12.3. The maximum atomic E-state index is 11.1. The molecule has 2 heteroatoms. The number of hydrogen-bond donors (Lipinski definition) is 0.